The number of primary amides is 1. The molecule has 1 heterocycles. The number of carbonyl (C=O) groups is 1. The number of carbonyl (C=O) groups excluding carboxylic acids is 1. The van der Waals surface area contributed by atoms with Gasteiger partial charge in [0, 0.05) is 38.6 Å². The van der Waals surface area contributed by atoms with Gasteiger partial charge < -0.3 is 20.4 Å². The highest BCUT2D eigenvalue weighted by atomic mass is 16.5. The number of aromatic nitrogens is 2. The van der Waals surface area contributed by atoms with Crippen LogP contribution in [-0.2, 0) is 11.3 Å². The molecule has 1 amide bonds. The van der Waals surface area contributed by atoms with E-state index in [1.807, 2.05) is 0 Å². The molecule has 0 aromatic carbocycles. The van der Waals surface area contributed by atoms with Crippen molar-refractivity contribution in [3.05, 3.63) is 18.2 Å². The molecular formula is C11H20N4O2. The van der Waals surface area contributed by atoms with E-state index in [-0.39, 0.29) is 0 Å². The van der Waals surface area contributed by atoms with Crippen molar-refractivity contribution in [3.63, 3.8) is 0 Å². The monoisotopic (exact) mass is 240 g/mol. The highest BCUT2D eigenvalue weighted by Gasteiger charge is 2.07. The van der Waals surface area contributed by atoms with E-state index in [4.69, 9.17) is 10.5 Å². The van der Waals surface area contributed by atoms with Crippen LogP contribution in [0.15, 0.2) is 12.4 Å². The van der Waals surface area contributed by atoms with Gasteiger partial charge in [-0.05, 0) is 6.42 Å². The third-order valence-electron chi connectivity index (χ3n) is 2.24. The van der Waals surface area contributed by atoms with Gasteiger partial charge in [-0.25, -0.2) is 4.98 Å². The summed E-state index contributed by atoms with van der Waals surface area (Å²) in [5, 5.41) is 3.22. The Hall–Kier alpha value is -1.40. The minimum atomic E-state index is -0.499. The normalized spacial score (nSPS) is 10.6. The van der Waals surface area contributed by atoms with Gasteiger partial charge in [0.2, 0.25) is 0 Å². The lowest BCUT2D eigenvalue weighted by Gasteiger charge is -2.07. The van der Waals surface area contributed by atoms with Crippen molar-refractivity contribution in [2.75, 3.05) is 26.3 Å². The summed E-state index contributed by atoms with van der Waals surface area (Å²) in [5.74, 6) is -0.199. The molecule has 17 heavy (non-hydrogen) atoms. The van der Waals surface area contributed by atoms with Crippen LogP contribution < -0.4 is 11.1 Å². The first-order chi connectivity index (χ1) is 8.25. The summed E-state index contributed by atoms with van der Waals surface area (Å²) in [6.45, 7) is 5.83. The second-order valence-corrected chi connectivity index (χ2v) is 3.67. The zero-order valence-corrected chi connectivity index (χ0v) is 10.2. The quantitative estimate of drug-likeness (QED) is 0.595. The zero-order valence-electron chi connectivity index (χ0n) is 10.2. The Bertz CT molecular complexity index is 338. The van der Waals surface area contributed by atoms with Crippen LogP contribution in [0, 0.1) is 0 Å². The van der Waals surface area contributed by atoms with Crippen LogP contribution >= 0.6 is 0 Å². The lowest BCUT2D eigenvalue weighted by Crippen LogP contribution is -2.26. The van der Waals surface area contributed by atoms with E-state index in [2.05, 4.69) is 17.2 Å². The number of amides is 1. The zero-order chi connectivity index (χ0) is 12.5. The summed E-state index contributed by atoms with van der Waals surface area (Å²) in [6, 6.07) is 0. The van der Waals surface area contributed by atoms with E-state index in [9.17, 15) is 4.79 Å². The summed E-state index contributed by atoms with van der Waals surface area (Å²) in [5.41, 5.74) is 5.18. The van der Waals surface area contributed by atoms with Gasteiger partial charge in [-0.1, -0.05) is 6.92 Å². The number of nitrogens with zero attached hydrogens (tertiary/aromatic N) is 2. The highest BCUT2D eigenvalue weighted by molar-refractivity contribution is 5.89. The molecule has 0 aliphatic heterocycles. The number of rotatable bonds is 9. The van der Waals surface area contributed by atoms with Gasteiger partial charge in [0.1, 0.15) is 0 Å². The molecule has 0 radical (unpaired) electrons. The van der Waals surface area contributed by atoms with Crippen molar-refractivity contribution >= 4 is 5.91 Å². The molecule has 1 aromatic heterocycles. The first-order valence-corrected chi connectivity index (χ1v) is 5.85. The Morgan fingerprint density at radius 2 is 2.35 bits per heavy atom. The van der Waals surface area contributed by atoms with Gasteiger partial charge >= 0.3 is 0 Å². The maximum atomic E-state index is 11.0. The molecule has 0 saturated carbocycles. The minimum absolute atomic E-state index is 0.300. The van der Waals surface area contributed by atoms with Crippen molar-refractivity contribution < 1.29 is 9.53 Å². The molecule has 0 saturated heterocycles. The van der Waals surface area contributed by atoms with E-state index in [0.29, 0.717) is 19.0 Å². The van der Waals surface area contributed by atoms with E-state index in [0.717, 1.165) is 26.1 Å². The third kappa shape index (κ3) is 4.97. The molecule has 0 spiro atoms. The number of imidazole rings is 1. The molecule has 0 bridgehead atoms. The predicted octanol–water partition coefficient (Wildman–Crippen LogP) is -0.00180. The van der Waals surface area contributed by atoms with Crippen LogP contribution in [0.5, 0.6) is 0 Å². The minimum Gasteiger partial charge on any atom is -0.380 e. The lowest BCUT2D eigenvalue weighted by atomic mass is 10.5. The standard InChI is InChI=1S/C11H20N4O2/c1-2-8-17-9-5-13-3-6-15-7-4-14-11(15)10(12)16/h4,7,13H,2-3,5-6,8-9H2,1H3,(H2,12,16). The smallest absolute Gasteiger partial charge is 0.284 e. The Morgan fingerprint density at radius 1 is 1.53 bits per heavy atom. The predicted molar refractivity (Wildman–Crippen MR) is 64.7 cm³/mol. The third-order valence-corrected chi connectivity index (χ3v) is 2.24. The Balaban J connectivity index is 2.14. The summed E-state index contributed by atoms with van der Waals surface area (Å²) >= 11 is 0. The van der Waals surface area contributed by atoms with Crippen LogP contribution in [0.4, 0.5) is 0 Å². The van der Waals surface area contributed by atoms with E-state index in [1.54, 1.807) is 17.0 Å². The second kappa shape index (κ2) is 7.81. The molecule has 6 nitrogen and oxygen atoms in total. The van der Waals surface area contributed by atoms with Crippen LogP contribution in [0.2, 0.25) is 0 Å². The van der Waals surface area contributed by atoms with Crippen LogP contribution in [0.3, 0.4) is 0 Å². The molecule has 96 valence electrons. The van der Waals surface area contributed by atoms with Gasteiger partial charge in [0.25, 0.3) is 5.91 Å². The van der Waals surface area contributed by atoms with Gasteiger partial charge in [0.15, 0.2) is 5.82 Å². The molecule has 1 rings (SSSR count). The van der Waals surface area contributed by atoms with E-state index < -0.39 is 5.91 Å². The number of hydrogen-bond acceptors (Lipinski definition) is 4. The number of nitrogens with one attached hydrogen (secondary N) is 1. The largest absolute Gasteiger partial charge is 0.380 e. The molecule has 0 atom stereocenters. The first-order valence-electron chi connectivity index (χ1n) is 5.85. The molecule has 0 fully saturated rings. The summed E-state index contributed by atoms with van der Waals surface area (Å²) in [4.78, 5) is 14.9. The van der Waals surface area contributed by atoms with Gasteiger partial charge in [0.05, 0.1) is 6.61 Å². The van der Waals surface area contributed by atoms with Crippen LogP contribution in [0.1, 0.15) is 24.0 Å². The Kier molecular flexibility index (Phi) is 6.27. The summed E-state index contributed by atoms with van der Waals surface area (Å²) in [6.07, 6.45) is 4.36. The van der Waals surface area contributed by atoms with Crippen molar-refractivity contribution in [3.8, 4) is 0 Å². The molecule has 0 aliphatic rings. The van der Waals surface area contributed by atoms with E-state index in [1.165, 1.54) is 0 Å². The van der Waals surface area contributed by atoms with Crippen molar-refractivity contribution in [1.82, 2.24) is 14.9 Å². The number of hydrogen-bond donors (Lipinski definition) is 2. The topological polar surface area (TPSA) is 82.2 Å². The van der Waals surface area contributed by atoms with Crippen LogP contribution in [-0.4, -0.2) is 41.8 Å². The molecule has 1 aromatic rings. The highest BCUT2D eigenvalue weighted by Crippen LogP contribution is 1.95. The maximum Gasteiger partial charge on any atom is 0.284 e. The van der Waals surface area contributed by atoms with Crippen molar-refractivity contribution in [2.24, 2.45) is 5.73 Å². The average molecular weight is 240 g/mol. The molecule has 0 aliphatic carbocycles. The number of nitrogens with two attached hydrogens (primary N) is 1. The SMILES string of the molecule is CCCOCCNCCn1ccnc1C(N)=O. The average Bonchev–Trinajstić information content (AvgIpc) is 2.76. The Labute approximate surface area is 101 Å². The van der Waals surface area contributed by atoms with Crippen molar-refractivity contribution in [2.45, 2.75) is 19.9 Å². The first kappa shape index (κ1) is 13.7. The van der Waals surface area contributed by atoms with Gasteiger partial charge in [-0.15, -0.1) is 0 Å². The molecular weight excluding hydrogens is 220 g/mol. The van der Waals surface area contributed by atoms with Gasteiger partial charge in [-0.3, -0.25) is 4.79 Å². The second-order valence-electron chi connectivity index (χ2n) is 3.67. The summed E-state index contributed by atoms with van der Waals surface area (Å²) in [7, 11) is 0. The lowest BCUT2D eigenvalue weighted by molar-refractivity contribution is 0.0986. The fourth-order valence-corrected chi connectivity index (χ4v) is 1.43. The van der Waals surface area contributed by atoms with E-state index >= 15 is 0 Å². The van der Waals surface area contributed by atoms with Crippen molar-refractivity contribution in [1.29, 1.82) is 0 Å². The number of ether oxygens (including phenoxy) is 1. The maximum absolute atomic E-state index is 11.0. The molecule has 3 N–H and O–H groups in total. The molecule has 6 heteroatoms. The fraction of sp³-hybridized carbons (Fsp3) is 0.636. The Morgan fingerprint density at radius 3 is 3.06 bits per heavy atom. The van der Waals surface area contributed by atoms with Gasteiger partial charge in [-0.2, -0.15) is 0 Å². The molecule has 0 unspecified atom stereocenters. The van der Waals surface area contributed by atoms with Crippen LogP contribution in [0.25, 0.3) is 0 Å². The fourth-order valence-electron chi connectivity index (χ4n) is 1.43. The summed E-state index contributed by atoms with van der Waals surface area (Å²) < 4.78 is 7.06.